The molecular formula is C89H174O17P2. The molecule has 0 fully saturated rings. The summed E-state index contributed by atoms with van der Waals surface area (Å²) in [6.07, 6.45) is 73.6. The normalized spacial score (nSPS) is 13.8. The van der Waals surface area contributed by atoms with Crippen molar-refractivity contribution in [1.82, 2.24) is 0 Å². The highest BCUT2D eigenvalue weighted by Crippen LogP contribution is 2.45. The van der Waals surface area contributed by atoms with E-state index in [0.29, 0.717) is 25.7 Å². The van der Waals surface area contributed by atoms with Gasteiger partial charge in [0, 0.05) is 25.7 Å². The standard InChI is InChI=1S/C89H174O17P2/c1-7-9-11-13-15-17-19-33-41-47-53-59-65-71-86(91)99-77-84(105-88(93)73-67-61-55-49-43-34-20-18-16-14-12-10-8-2)79-103-107(95,96)101-75-83(90)76-102-108(97,98)104-80-85(106-89(94)74-68-62-56-50-44-38-32-28-24-22-26-30-36-40-46-52-58-64-70-82(5)6)78-100-87(92)72-66-60-54-48-42-37-31-27-23-21-25-29-35-39-45-51-57-63-69-81(3)4/h81-85,90H,7-80H2,1-6H3,(H,95,96)(H,97,98)/t83-,84+,85+/m0/s1. The molecule has 0 aromatic heterocycles. The molecule has 108 heavy (non-hydrogen) atoms. The zero-order valence-electron chi connectivity index (χ0n) is 71.2. The first-order valence-electron chi connectivity index (χ1n) is 46.0. The van der Waals surface area contributed by atoms with Crippen LogP contribution in [0.15, 0.2) is 0 Å². The van der Waals surface area contributed by atoms with Gasteiger partial charge in [0.2, 0.25) is 0 Å². The molecule has 0 spiro atoms. The Balaban J connectivity index is 5.23. The lowest BCUT2D eigenvalue weighted by Crippen LogP contribution is -2.30. The minimum absolute atomic E-state index is 0.108. The fraction of sp³-hybridized carbons (Fsp3) is 0.955. The first kappa shape index (κ1) is 106. The van der Waals surface area contributed by atoms with E-state index in [9.17, 15) is 43.2 Å². The number of carbonyl (C=O) groups is 4. The number of carbonyl (C=O) groups excluding carboxylic acids is 4. The third-order valence-corrected chi connectivity index (χ3v) is 22.9. The second-order valence-corrected chi connectivity index (χ2v) is 35.8. The molecular weight excluding hydrogens is 1400 g/mol. The van der Waals surface area contributed by atoms with Crippen molar-refractivity contribution < 1.29 is 80.2 Å². The smallest absolute Gasteiger partial charge is 0.462 e. The minimum Gasteiger partial charge on any atom is -0.462 e. The highest BCUT2D eigenvalue weighted by Gasteiger charge is 2.31. The Kier molecular flexibility index (Phi) is 78.8. The summed E-state index contributed by atoms with van der Waals surface area (Å²) >= 11 is 0. The van der Waals surface area contributed by atoms with Crippen LogP contribution in [0, 0.1) is 11.8 Å². The average molecular weight is 1580 g/mol. The van der Waals surface area contributed by atoms with E-state index in [2.05, 4.69) is 41.5 Å². The van der Waals surface area contributed by atoms with Crippen molar-refractivity contribution in [2.75, 3.05) is 39.6 Å². The van der Waals surface area contributed by atoms with Crippen molar-refractivity contribution in [3.05, 3.63) is 0 Å². The van der Waals surface area contributed by atoms with Crippen LogP contribution in [0.25, 0.3) is 0 Å². The summed E-state index contributed by atoms with van der Waals surface area (Å²) in [5.41, 5.74) is 0. The Labute approximate surface area is 664 Å². The molecule has 0 rings (SSSR count). The fourth-order valence-electron chi connectivity index (χ4n) is 14.0. The van der Waals surface area contributed by atoms with Crippen LogP contribution in [0.5, 0.6) is 0 Å². The molecule has 2 unspecified atom stereocenters. The van der Waals surface area contributed by atoms with Crippen molar-refractivity contribution in [1.29, 1.82) is 0 Å². The molecule has 0 saturated carbocycles. The van der Waals surface area contributed by atoms with Gasteiger partial charge in [-0.05, 0) is 37.5 Å². The molecule has 19 heteroatoms. The number of rotatable bonds is 88. The summed E-state index contributed by atoms with van der Waals surface area (Å²) in [6.45, 7) is 9.77. The van der Waals surface area contributed by atoms with Crippen LogP contribution in [0.1, 0.15) is 478 Å². The zero-order valence-corrected chi connectivity index (χ0v) is 73.0. The fourth-order valence-corrected chi connectivity index (χ4v) is 15.5. The number of esters is 4. The van der Waals surface area contributed by atoms with Gasteiger partial charge < -0.3 is 33.8 Å². The Morgan fingerprint density at radius 3 is 0.630 bits per heavy atom. The lowest BCUT2D eigenvalue weighted by molar-refractivity contribution is -0.161. The van der Waals surface area contributed by atoms with E-state index in [1.54, 1.807) is 0 Å². The number of unbranched alkanes of at least 4 members (excludes halogenated alkanes) is 58. The van der Waals surface area contributed by atoms with Gasteiger partial charge in [0.1, 0.15) is 19.3 Å². The third kappa shape index (κ3) is 82.1. The summed E-state index contributed by atoms with van der Waals surface area (Å²) in [5.74, 6) is -0.452. The van der Waals surface area contributed by atoms with E-state index in [1.807, 2.05) is 0 Å². The first-order chi connectivity index (χ1) is 52.4. The number of phosphoric acid groups is 2. The zero-order chi connectivity index (χ0) is 79.2. The molecule has 0 aromatic carbocycles. The SMILES string of the molecule is CCCCCCCCCCCCCCCC(=O)OC[C@H](COP(=O)(O)OC[C@H](O)COP(=O)(O)OC[C@@H](COC(=O)CCCCCCCCCCCCCCCCCCCCC(C)C)OC(=O)CCCCCCCCCCCCCCCCCCCCC(C)C)OC(=O)CCCCCCCCCCCCCCC. The predicted molar refractivity (Wildman–Crippen MR) is 446 cm³/mol. The molecule has 0 saturated heterocycles. The summed E-state index contributed by atoms with van der Waals surface area (Å²) in [7, 11) is -9.93. The first-order valence-corrected chi connectivity index (χ1v) is 49.0. The van der Waals surface area contributed by atoms with Gasteiger partial charge in [-0.1, -0.05) is 427 Å². The summed E-state index contributed by atoms with van der Waals surface area (Å²) in [5, 5.41) is 10.7. The molecule has 0 aromatic rings. The van der Waals surface area contributed by atoms with Crippen molar-refractivity contribution in [2.45, 2.75) is 496 Å². The number of phosphoric ester groups is 2. The maximum absolute atomic E-state index is 13.2. The second kappa shape index (κ2) is 80.3. The molecule has 0 heterocycles. The predicted octanol–water partition coefficient (Wildman–Crippen LogP) is 27.4. The van der Waals surface area contributed by atoms with Crippen LogP contribution in [-0.4, -0.2) is 96.7 Å². The van der Waals surface area contributed by atoms with Gasteiger partial charge in [0.25, 0.3) is 0 Å². The van der Waals surface area contributed by atoms with E-state index in [0.717, 1.165) is 102 Å². The van der Waals surface area contributed by atoms with E-state index in [-0.39, 0.29) is 25.7 Å². The number of aliphatic hydroxyl groups excluding tert-OH is 1. The maximum Gasteiger partial charge on any atom is 0.472 e. The Morgan fingerprint density at radius 1 is 0.250 bits per heavy atom. The molecule has 3 N–H and O–H groups in total. The number of aliphatic hydroxyl groups is 1. The van der Waals surface area contributed by atoms with Crippen LogP contribution in [0.4, 0.5) is 0 Å². The average Bonchev–Trinajstić information content (AvgIpc) is 0.958. The van der Waals surface area contributed by atoms with E-state index >= 15 is 0 Å². The van der Waals surface area contributed by atoms with Gasteiger partial charge >= 0.3 is 39.5 Å². The topological polar surface area (TPSA) is 237 Å². The van der Waals surface area contributed by atoms with Crippen LogP contribution in [-0.2, 0) is 65.4 Å². The van der Waals surface area contributed by atoms with Crippen LogP contribution in [0.2, 0.25) is 0 Å². The van der Waals surface area contributed by atoms with Crippen LogP contribution >= 0.6 is 15.6 Å². The van der Waals surface area contributed by atoms with Crippen molar-refractivity contribution in [3.63, 3.8) is 0 Å². The molecule has 0 aliphatic heterocycles. The van der Waals surface area contributed by atoms with Crippen molar-refractivity contribution in [2.24, 2.45) is 11.8 Å². The number of ether oxygens (including phenoxy) is 4. The van der Waals surface area contributed by atoms with Gasteiger partial charge in [-0.2, -0.15) is 0 Å². The van der Waals surface area contributed by atoms with E-state index in [1.165, 1.54) is 295 Å². The van der Waals surface area contributed by atoms with Gasteiger partial charge in [-0.15, -0.1) is 0 Å². The van der Waals surface area contributed by atoms with Crippen molar-refractivity contribution >= 4 is 39.5 Å². The molecule has 0 aliphatic carbocycles. The van der Waals surface area contributed by atoms with Gasteiger partial charge in [-0.3, -0.25) is 37.3 Å². The van der Waals surface area contributed by atoms with E-state index < -0.39 is 97.5 Å². The number of hydrogen-bond acceptors (Lipinski definition) is 15. The van der Waals surface area contributed by atoms with Crippen LogP contribution in [0.3, 0.4) is 0 Å². The van der Waals surface area contributed by atoms with Gasteiger partial charge in [0.05, 0.1) is 26.4 Å². The highest BCUT2D eigenvalue weighted by atomic mass is 31.2. The Hall–Kier alpha value is -1.94. The highest BCUT2D eigenvalue weighted by molar-refractivity contribution is 7.47. The Bertz CT molecular complexity index is 2060. The molecule has 17 nitrogen and oxygen atoms in total. The summed E-state index contributed by atoms with van der Waals surface area (Å²) in [6, 6.07) is 0. The quantitative estimate of drug-likeness (QED) is 0.0222. The summed E-state index contributed by atoms with van der Waals surface area (Å²) < 4.78 is 69.0. The maximum atomic E-state index is 13.2. The molecule has 642 valence electrons. The number of hydrogen-bond donors (Lipinski definition) is 3. The molecule has 0 radical (unpaired) electrons. The molecule has 0 bridgehead atoms. The second-order valence-electron chi connectivity index (χ2n) is 32.9. The van der Waals surface area contributed by atoms with Gasteiger partial charge in [0.15, 0.2) is 12.2 Å². The monoisotopic (exact) mass is 1580 g/mol. The minimum atomic E-state index is -4.97. The van der Waals surface area contributed by atoms with E-state index in [4.69, 9.17) is 37.0 Å². The molecule has 0 aliphatic rings. The third-order valence-electron chi connectivity index (χ3n) is 21.0. The van der Waals surface area contributed by atoms with Crippen molar-refractivity contribution in [3.8, 4) is 0 Å². The molecule has 5 atom stereocenters. The lowest BCUT2D eigenvalue weighted by Gasteiger charge is -2.21. The summed E-state index contributed by atoms with van der Waals surface area (Å²) in [4.78, 5) is 73.3. The lowest BCUT2D eigenvalue weighted by atomic mass is 10.0. The Morgan fingerprint density at radius 2 is 0.426 bits per heavy atom. The molecule has 0 amide bonds. The largest absolute Gasteiger partial charge is 0.472 e. The van der Waals surface area contributed by atoms with Gasteiger partial charge in [-0.25, -0.2) is 9.13 Å². The van der Waals surface area contributed by atoms with Crippen LogP contribution < -0.4 is 0 Å².